The molecule has 3 N–H and O–H groups in total. The van der Waals surface area contributed by atoms with E-state index in [-0.39, 0.29) is 0 Å². The first kappa shape index (κ1) is 10.3. The van der Waals surface area contributed by atoms with Crippen molar-refractivity contribution in [2.45, 2.75) is 12.5 Å². The molecule has 0 spiro atoms. The zero-order valence-electron chi connectivity index (χ0n) is 6.37. The molecular formula is C6H12N2O2S. The summed E-state index contributed by atoms with van der Waals surface area (Å²) in [5.74, 6) is 0.334. The third-order valence-corrected chi connectivity index (χ3v) is 1.87. The molecule has 0 fully saturated rings. The van der Waals surface area contributed by atoms with Gasteiger partial charge in [-0.15, -0.1) is 0 Å². The lowest BCUT2D eigenvalue weighted by Crippen LogP contribution is -2.40. The maximum absolute atomic E-state index is 10.6. The fourth-order valence-electron chi connectivity index (χ4n) is 0.626. The summed E-state index contributed by atoms with van der Waals surface area (Å²) in [7, 11) is 0. The van der Waals surface area contributed by atoms with Gasteiger partial charge in [0.1, 0.15) is 6.04 Å². The molecule has 0 heterocycles. The Labute approximate surface area is 69.9 Å². The first-order valence-electron chi connectivity index (χ1n) is 3.20. The quantitative estimate of drug-likeness (QED) is 0.528. The molecule has 4 nitrogen and oxygen atoms in total. The van der Waals surface area contributed by atoms with Crippen LogP contribution in [0.25, 0.3) is 0 Å². The van der Waals surface area contributed by atoms with Crippen molar-refractivity contribution in [3.05, 3.63) is 0 Å². The average molecular weight is 176 g/mol. The summed E-state index contributed by atoms with van der Waals surface area (Å²) in [6, 6.07) is -0.514. The smallest absolute Gasteiger partial charge is 0.240 e. The highest BCUT2D eigenvalue weighted by Gasteiger charge is 2.12. The molecule has 2 amide bonds. The van der Waals surface area contributed by atoms with Crippen LogP contribution in [0.4, 0.5) is 0 Å². The number of hydrogen-bond donors (Lipinski definition) is 2. The zero-order chi connectivity index (χ0) is 8.69. The molecule has 0 aromatic carbocycles. The average Bonchev–Trinajstić information content (AvgIpc) is 1.97. The van der Waals surface area contributed by atoms with Crippen LogP contribution in [0.2, 0.25) is 0 Å². The Morgan fingerprint density at radius 2 is 2.45 bits per heavy atom. The minimum absolute atomic E-state index is 0.480. The molecule has 0 aliphatic heterocycles. The lowest BCUT2D eigenvalue weighted by Gasteiger charge is -2.09. The van der Waals surface area contributed by atoms with Crippen LogP contribution in [-0.4, -0.2) is 30.4 Å². The maximum Gasteiger partial charge on any atom is 0.240 e. The first-order valence-corrected chi connectivity index (χ1v) is 4.59. The summed E-state index contributed by atoms with van der Waals surface area (Å²) in [4.78, 5) is 20.5. The summed E-state index contributed by atoms with van der Waals surface area (Å²) < 4.78 is 0. The van der Waals surface area contributed by atoms with Gasteiger partial charge in [-0.3, -0.25) is 9.59 Å². The molecule has 0 aromatic rings. The number of carbonyl (C=O) groups is 2. The lowest BCUT2D eigenvalue weighted by atomic mass is 10.2. The Morgan fingerprint density at radius 3 is 2.82 bits per heavy atom. The van der Waals surface area contributed by atoms with E-state index in [1.165, 1.54) is 0 Å². The highest BCUT2D eigenvalue weighted by molar-refractivity contribution is 7.98. The second kappa shape index (κ2) is 6.03. The van der Waals surface area contributed by atoms with Crippen LogP contribution >= 0.6 is 11.8 Å². The van der Waals surface area contributed by atoms with Crippen LogP contribution in [0.1, 0.15) is 6.42 Å². The summed E-state index contributed by atoms with van der Waals surface area (Å²) in [5.41, 5.74) is 4.99. The molecule has 0 bridgehead atoms. The van der Waals surface area contributed by atoms with Crippen LogP contribution in [0.15, 0.2) is 0 Å². The molecule has 64 valence electrons. The highest BCUT2D eigenvalue weighted by atomic mass is 32.2. The molecule has 0 unspecified atom stereocenters. The van der Waals surface area contributed by atoms with Gasteiger partial charge in [-0.2, -0.15) is 11.8 Å². The highest BCUT2D eigenvalue weighted by Crippen LogP contribution is 1.99. The van der Waals surface area contributed by atoms with Gasteiger partial charge >= 0.3 is 0 Å². The van der Waals surface area contributed by atoms with E-state index in [0.717, 1.165) is 5.75 Å². The molecule has 0 rings (SSSR count). The van der Waals surface area contributed by atoms with Crippen LogP contribution < -0.4 is 11.1 Å². The van der Waals surface area contributed by atoms with Gasteiger partial charge in [-0.05, 0) is 18.4 Å². The summed E-state index contributed by atoms with van der Waals surface area (Å²) in [6.45, 7) is 0. The van der Waals surface area contributed by atoms with Crippen LogP contribution in [0.3, 0.4) is 0 Å². The van der Waals surface area contributed by atoms with E-state index in [4.69, 9.17) is 5.73 Å². The molecule has 0 aliphatic rings. The standard InChI is InChI=1S/C6H12N2O2S/c1-11-3-2-5(6(7)10)8-4-9/h4-5H,2-3H2,1H3,(H2,7,10)(H,8,9)/t5-/m1/s1. The molecule has 0 saturated heterocycles. The molecule has 0 radical (unpaired) electrons. The van der Waals surface area contributed by atoms with Gasteiger partial charge in [0.25, 0.3) is 0 Å². The lowest BCUT2D eigenvalue weighted by molar-refractivity contribution is -0.122. The number of primary amides is 1. The van der Waals surface area contributed by atoms with Gasteiger partial charge < -0.3 is 11.1 Å². The maximum atomic E-state index is 10.6. The summed E-state index contributed by atoms with van der Waals surface area (Å²) in [6.07, 6.45) is 3.02. The predicted octanol–water partition coefficient (Wildman–Crippen LogP) is -0.661. The van der Waals surface area contributed by atoms with Gasteiger partial charge in [0.05, 0.1) is 0 Å². The van der Waals surface area contributed by atoms with Crippen LogP contribution in [-0.2, 0) is 9.59 Å². The van der Waals surface area contributed by atoms with E-state index in [9.17, 15) is 9.59 Å². The van der Waals surface area contributed by atoms with E-state index in [1.54, 1.807) is 11.8 Å². The van der Waals surface area contributed by atoms with E-state index in [0.29, 0.717) is 12.8 Å². The number of amides is 2. The van der Waals surface area contributed by atoms with E-state index >= 15 is 0 Å². The fourth-order valence-corrected chi connectivity index (χ4v) is 1.10. The number of nitrogens with one attached hydrogen (secondary N) is 1. The van der Waals surface area contributed by atoms with Gasteiger partial charge in [-0.25, -0.2) is 0 Å². The number of carbonyl (C=O) groups excluding carboxylic acids is 2. The number of rotatable bonds is 6. The van der Waals surface area contributed by atoms with Crippen molar-refractivity contribution in [1.29, 1.82) is 0 Å². The van der Waals surface area contributed by atoms with Gasteiger partial charge in [0, 0.05) is 0 Å². The summed E-state index contributed by atoms with van der Waals surface area (Å²) >= 11 is 1.61. The SMILES string of the molecule is CSCC[C@@H](NC=O)C(N)=O. The van der Waals surface area contributed by atoms with Crippen LogP contribution in [0.5, 0.6) is 0 Å². The van der Waals surface area contributed by atoms with Crippen molar-refractivity contribution in [3.8, 4) is 0 Å². The van der Waals surface area contributed by atoms with Crippen molar-refractivity contribution in [2.75, 3.05) is 12.0 Å². The molecule has 5 heteroatoms. The van der Waals surface area contributed by atoms with Gasteiger partial charge in [0.2, 0.25) is 12.3 Å². The second-order valence-electron chi connectivity index (χ2n) is 2.02. The second-order valence-corrected chi connectivity index (χ2v) is 3.01. The molecule has 1 atom stereocenters. The minimum Gasteiger partial charge on any atom is -0.368 e. The zero-order valence-corrected chi connectivity index (χ0v) is 7.19. The summed E-state index contributed by atoms with van der Waals surface area (Å²) in [5, 5.41) is 2.35. The van der Waals surface area contributed by atoms with Gasteiger partial charge in [-0.1, -0.05) is 0 Å². The fraction of sp³-hybridized carbons (Fsp3) is 0.667. The van der Waals surface area contributed by atoms with Crippen molar-refractivity contribution >= 4 is 24.1 Å². The molecule has 11 heavy (non-hydrogen) atoms. The van der Waals surface area contributed by atoms with Gasteiger partial charge in [0.15, 0.2) is 0 Å². The largest absolute Gasteiger partial charge is 0.368 e. The predicted molar refractivity (Wildman–Crippen MR) is 45.2 cm³/mol. The van der Waals surface area contributed by atoms with Crippen molar-refractivity contribution in [1.82, 2.24) is 5.32 Å². The van der Waals surface area contributed by atoms with Crippen molar-refractivity contribution in [3.63, 3.8) is 0 Å². The Balaban J connectivity index is 3.69. The number of hydrogen-bond acceptors (Lipinski definition) is 3. The van der Waals surface area contributed by atoms with E-state index < -0.39 is 11.9 Å². The Morgan fingerprint density at radius 1 is 1.82 bits per heavy atom. The van der Waals surface area contributed by atoms with E-state index in [1.807, 2.05) is 6.26 Å². The molecule has 0 saturated carbocycles. The Hall–Kier alpha value is -0.710. The third kappa shape index (κ3) is 4.66. The van der Waals surface area contributed by atoms with Crippen LogP contribution in [0, 0.1) is 0 Å². The van der Waals surface area contributed by atoms with Crippen molar-refractivity contribution in [2.24, 2.45) is 5.73 Å². The monoisotopic (exact) mass is 176 g/mol. The molecule has 0 aromatic heterocycles. The number of thioether (sulfide) groups is 1. The third-order valence-electron chi connectivity index (χ3n) is 1.22. The normalized spacial score (nSPS) is 12.1. The number of nitrogens with two attached hydrogens (primary N) is 1. The topological polar surface area (TPSA) is 72.2 Å². The minimum atomic E-state index is -0.514. The van der Waals surface area contributed by atoms with E-state index in [2.05, 4.69) is 5.32 Å². The van der Waals surface area contributed by atoms with Crippen molar-refractivity contribution < 1.29 is 9.59 Å². The Bertz CT molecular complexity index is 141. The molecular weight excluding hydrogens is 164 g/mol. The first-order chi connectivity index (χ1) is 5.22. The molecule has 0 aliphatic carbocycles. The Kier molecular flexibility index (Phi) is 5.64.